The number of nitriles is 1. The molecule has 8 nitrogen and oxygen atoms in total. The molecule has 3 aromatic rings. The van der Waals surface area contributed by atoms with Crippen LogP contribution in [0.5, 0.6) is 0 Å². The molecule has 2 aliphatic heterocycles. The number of nitrogens with zero attached hydrogens (tertiary/aromatic N) is 4. The van der Waals surface area contributed by atoms with Gasteiger partial charge in [0, 0.05) is 51.0 Å². The van der Waals surface area contributed by atoms with Crippen molar-refractivity contribution in [1.82, 2.24) is 10.2 Å². The number of H-pyrrole nitrogens is 1. The maximum atomic E-state index is 9.43. The van der Waals surface area contributed by atoms with Gasteiger partial charge in [0.25, 0.3) is 0 Å². The average molecular weight is 580 g/mol. The Morgan fingerprint density at radius 3 is 2.39 bits per heavy atom. The fourth-order valence-electron chi connectivity index (χ4n) is 5.83. The van der Waals surface area contributed by atoms with E-state index >= 15 is 0 Å². The minimum Gasteiger partial charge on any atom is -0.372 e. The summed E-state index contributed by atoms with van der Waals surface area (Å²) in [6, 6.07) is 14.8. The van der Waals surface area contributed by atoms with Gasteiger partial charge in [0.05, 0.1) is 28.2 Å². The molecule has 0 bridgehead atoms. The lowest BCUT2D eigenvalue weighted by Crippen LogP contribution is -2.40. The van der Waals surface area contributed by atoms with Crippen molar-refractivity contribution in [2.24, 2.45) is 5.92 Å². The van der Waals surface area contributed by atoms with E-state index in [1.54, 1.807) is 0 Å². The minimum absolute atomic E-state index is 0.0473. The summed E-state index contributed by atoms with van der Waals surface area (Å²) < 4.78 is 18.6. The zero-order valence-corrected chi connectivity index (χ0v) is 25.0. The van der Waals surface area contributed by atoms with Crippen molar-refractivity contribution in [2.45, 2.75) is 64.8 Å². The van der Waals surface area contributed by atoms with Crippen LogP contribution in [-0.2, 0) is 14.2 Å². The highest BCUT2D eigenvalue weighted by Gasteiger charge is 2.29. The maximum Gasteiger partial charge on any atom is 0.171 e. The number of halogens is 1. The van der Waals surface area contributed by atoms with E-state index in [1.807, 2.05) is 12.1 Å². The number of hydrogen-bond acceptors (Lipinski definition) is 7. The van der Waals surface area contributed by atoms with E-state index in [-0.39, 0.29) is 12.4 Å². The van der Waals surface area contributed by atoms with Crippen molar-refractivity contribution >= 4 is 33.9 Å². The van der Waals surface area contributed by atoms with Gasteiger partial charge in [-0.05, 0) is 55.5 Å². The summed E-state index contributed by atoms with van der Waals surface area (Å²) in [5.41, 5.74) is 4.51. The first-order valence-corrected chi connectivity index (χ1v) is 15.5. The molecule has 1 aromatic heterocycles. The molecule has 0 unspecified atom stereocenters. The van der Waals surface area contributed by atoms with Crippen molar-refractivity contribution in [1.29, 1.82) is 5.26 Å². The largest absolute Gasteiger partial charge is 0.372 e. The number of piperidine rings is 1. The zero-order chi connectivity index (χ0) is 28.6. The Morgan fingerprint density at radius 1 is 1.02 bits per heavy atom. The van der Waals surface area contributed by atoms with Gasteiger partial charge in [0.15, 0.2) is 12.0 Å². The van der Waals surface area contributed by atoms with Gasteiger partial charge in [-0.1, -0.05) is 50.4 Å². The number of rotatable bonds is 12. The van der Waals surface area contributed by atoms with Crippen LogP contribution >= 0.6 is 11.6 Å². The number of anilines is 2. The highest BCUT2D eigenvalue weighted by atomic mass is 35.5. The van der Waals surface area contributed by atoms with Crippen LogP contribution < -0.4 is 9.80 Å². The third-order valence-corrected chi connectivity index (χ3v) is 8.59. The van der Waals surface area contributed by atoms with E-state index in [4.69, 9.17) is 25.8 Å². The van der Waals surface area contributed by atoms with Gasteiger partial charge in [0.1, 0.15) is 12.2 Å². The number of benzene rings is 2. The molecule has 0 radical (unpaired) electrons. The number of ether oxygens (including phenoxy) is 3. The third kappa shape index (κ3) is 6.98. The predicted molar refractivity (Wildman–Crippen MR) is 164 cm³/mol. The molecule has 1 N–H and O–H groups in total. The van der Waals surface area contributed by atoms with Gasteiger partial charge in [0.2, 0.25) is 0 Å². The molecular formula is C32H42ClN5O3. The molecule has 2 aromatic carbocycles. The van der Waals surface area contributed by atoms with Crippen molar-refractivity contribution in [3.63, 3.8) is 0 Å². The average Bonchev–Trinajstić information content (AvgIpc) is 3.46. The Balaban J connectivity index is 1.20. The molecule has 9 heteroatoms. The number of nitrogens with one attached hydrogen (secondary N) is 1. The molecule has 220 valence electrons. The van der Waals surface area contributed by atoms with E-state index in [9.17, 15) is 5.26 Å². The number of aromatic nitrogens is 2. The molecule has 1 atom stereocenters. The predicted octanol–water partition coefficient (Wildman–Crippen LogP) is 6.84. The third-order valence-electron chi connectivity index (χ3n) is 8.28. The number of morpholine rings is 1. The standard InChI is InChI=1S/C32H42ClN5O3/c1-3-5-18-40-32(41-19-6-4-2)24-13-15-37(16-14-24)25-9-7-23(8-10-25)29-22-38(17-20-39-29)28-12-11-26(33)30-27(21-34)35-36-31(28)30/h7-12,24,29,32H,3-6,13-20,22H2,1-2H3,(H,35,36)/t29-/m1/s1. The summed E-state index contributed by atoms with van der Waals surface area (Å²) >= 11 is 6.40. The lowest BCUT2D eigenvalue weighted by atomic mass is 9.95. The van der Waals surface area contributed by atoms with E-state index in [0.717, 1.165) is 88.1 Å². The first-order chi connectivity index (χ1) is 20.1. The summed E-state index contributed by atoms with van der Waals surface area (Å²) in [6.07, 6.45) is 6.45. The lowest BCUT2D eigenvalue weighted by molar-refractivity contribution is -0.177. The van der Waals surface area contributed by atoms with Crippen LogP contribution in [0.25, 0.3) is 10.9 Å². The molecule has 0 amide bonds. The highest BCUT2D eigenvalue weighted by Crippen LogP contribution is 2.36. The molecule has 3 heterocycles. The lowest BCUT2D eigenvalue weighted by Gasteiger charge is -2.37. The van der Waals surface area contributed by atoms with Crippen molar-refractivity contribution in [2.75, 3.05) is 55.8 Å². The zero-order valence-electron chi connectivity index (χ0n) is 24.3. The molecule has 0 saturated carbocycles. The van der Waals surface area contributed by atoms with Gasteiger partial charge in [-0.2, -0.15) is 10.4 Å². The van der Waals surface area contributed by atoms with Crippen molar-refractivity contribution in [3.05, 3.63) is 52.7 Å². The monoisotopic (exact) mass is 579 g/mol. The Labute approximate surface area is 248 Å². The van der Waals surface area contributed by atoms with E-state index in [2.05, 4.69) is 64.2 Å². The molecule has 2 aliphatic rings. The van der Waals surface area contributed by atoms with Crippen LogP contribution in [0.3, 0.4) is 0 Å². The van der Waals surface area contributed by atoms with Crippen LogP contribution in [0.15, 0.2) is 36.4 Å². The van der Waals surface area contributed by atoms with Crippen LogP contribution in [0.2, 0.25) is 5.02 Å². The van der Waals surface area contributed by atoms with E-state index < -0.39 is 0 Å². The molecule has 5 rings (SSSR count). The first-order valence-electron chi connectivity index (χ1n) is 15.1. The molecule has 41 heavy (non-hydrogen) atoms. The van der Waals surface area contributed by atoms with Crippen LogP contribution in [0, 0.1) is 17.2 Å². The second kappa shape index (κ2) is 14.4. The fraction of sp³-hybridized carbons (Fsp3) is 0.562. The maximum absolute atomic E-state index is 9.43. The minimum atomic E-state index is -0.0841. The van der Waals surface area contributed by atoms with Crippen molar-refractivity contribution in [3.8, 4) is 6.07 Å². The Bertz CT molecular complexity index is 1290. The van der Waals surface area contributed by atoms with E-state index in [1.165, 1.54) is 5.69 Å². The SMILES string of the molecule is CCCCOC(OCCCC)C1CCN(c2ccc([C@H]3CN(c4ccc(Cl)c5c(C#N)n[nH]c45)CCO3)cc2)CC1. The quantitative estimate of drug-likeness (QED) is 0.186. The topological polar surface area (TPSA) is 86.6 Å². The van der Waals surface area contributed by atoms with E-state index in [0.29, 0.717) is 35.2 Å². The van der Waals surface area contributed by atoms with Gasteiger partial charge < -0.3 is 24.0 Å². The fourth-order valence-corrected chi connectivity index (χ4v) is 6.08. The van der Waals surface area contributed by atoms with Gasteiger partial charge in [-0.15, -0.1) is 0 Å². The normalized spacial score (nSPS) is 18.4. The number of unbranched alkanes of at least 4 members (excludes halogenated alkanes) is 2. The smallest absolute Gasteiger partial charge is 0.171 e. The number of fused-ring (bicyclic) bond motifs is 1. The van der Waals surface area contributed by atoms with Crippen molar-refractivity contribution < 1.29 is 14.2 Å². The Kier molecular flexibility index (Phi) is 10.4. The van der Waals surface area contributed by atoms with Crippen LogP contribution in [-0.4, -0.2) is 62.5 Å². The molecule has 2 fully saturated rings. The van der Waals surface area contributed by atoms with Crippen LogP contribution in [0.4, 0.5) is 11.4 Å². The number of aromatic amines is 1. The van der Waals surface area contributed by atoms with Gasteiger partial charge in [-0.25, -0.2) is 0 Å². The van der Waals surface area contributed by atoms with Gasteiger partial charge in [-0.3, -0.25) is 5.10 Å². The Morgan fingerprint density at radius 2 is 1.73 bits per heavy atom. The highest BCUT2D eigenvalue weighted by molar-refractivity contribution is 6.36. The summed E-state index contributed by atoms with van der Waals surface area (Å²) in [5, 5.41) is 17.8. The Hall–Kier alpha value is -2.83. The number of hydrogen-bond donors (Lipinski definition) is 1. The second-order valence-electron chi connectivity index (χ2n) is 11.0. The second-order valence-corrected chi connectivity index (χ2v) is 11.4. The van der Waals surface area contributed by atoms with Crippen LogP contribution in [0.1, 0.15) is 69.7 Å². The summed E-state index contributed by atoms with van der Waals surface area (Å²) in [6.45, 7) is 10.0. The van der Waals surface area contributed by atoms with Gasteiger partial charge >= 0.3 is 0 Å². The molecule has 0 spiro atoms. The summed E-state index contributed by atoms with van der Waals surface area (Å²) in [4.78, 5) is 4.76. The summed E-state index contributed by atoms with van der Waals surface area (Å²) in [7, 11) is 0. The molecule has 2 saturated heterocycles. The first kappa shape index (κ1) is 29.7. The molecular weight excluding hydrogens is 538 g/mol. The molecule has 0 aliphatic carbocycles. The summed E-state index contributed by atoms with van der Waals surface area (Å²) in [5.74, 6) is 0.444.